The largest absolute Gasteiger partial charge is 0.207 e. The van der Waals surface area contributed by atoms with Crippen LogP contribution in [0.1, 0.15) is 12.0 Å². The average molecular weight is 160 g/mol. The van der Waals surface area contributed by atoms with Crippen molar-refractivity contribution in [3.63, 3.8) is 0 Å². The summed E-state index contributed by atoms with van der Waals surface area (Å²) in [4.78, 5) is 0. The minimum atomic E-state index is -0.166. The highest BCUT2D eigenvalue weighted by Crippen LogP contribution is 2.23. The fourth-order valence-corrected chi connectivity index (χ4v) is 1.35. The summed E-state index contributed by atoms with van der Waals surface area (Å²) in [5.74, 6) is -0.166. The third-order valence-electron chi connectivity index (χ3n) is 1.97. The average Bonchev–Trinajstić information content (AvgIpc) is 2.56. The van der Waals surface area contributed by atoms with E-state index in [9.17, 15) is 4.39 Å². The first kappa shape index (κ1) is 7.29. The monoisotopic (exact) mass is 160 g/mol. The lowest BCUT2D eigenvalue weighted by molar-refractivity contribution is 0.627. The van der Waals surface area contributed by atoms with Crippen molar-refractivity contribution in [2.75, 3.05) is 0 Å². The Bertz CT molecular complexity index is 348. The van der Waals surface area contributed by atoms with E-state index in [1.807, 2.05) is 18.2 Å². The Morgan fingerprint density at radius 2 is 2.17 bits per heavy atom. The minimum Gasteiger partial charge on any atom is -0.207 e. The molecule has 0 atom stereocenters. The molecule has 1 heteroatoms. The fourth-order valence-electron chi connectivity index (χ4n) is 1.35. The molecule has 60 valence electrons. The molecule has 0 heterocycles. The van der Waals surface area contributed by atoms with Crippen molar-refractivity contribution in [3.05, 3.63) is 53.9 Å². The van der Waals surface area contributed by atoms with Gasteiger partial charge in [0.15, 0.2) is 0 Å². The van der Waals surface area contributed by atoms with Crippen molar-refractivity contribution in [2.45, 2.75) is 6.42 Å². The van der Waals surface area contributed by atoms with Crippen LogP contribution in [0.4, 0.5) is 4.39 Å². The Labute approximate surface area is 71.0 Å². The highest BCUT2D eigenvalue weighted by Gasteiger charge is 2.02. The van der Waals surface area contributed by atoms with Crippen molar-refractivity contribution >= 4 is 5.57 Å². The van der Waals surface area contributed by atoms with Crippen molar-refractivity contribution in [3.8, 4) is 0 Å². The molecule has 0 aromatic heterocycles. The Balaban J connectivity index is 2.35. The van der Waals surface area contributed by atoms with Crippen molar-refractivity contribution in [1.29, 1.82) is 0 Å². The second-order valence-electron chi connectivity index (χ2n) is 2.83. The lowest BCUT2D eigenvalue weighted by Gasteiger charge is -2.00. The zero-order valence-electron chi connectivity index (χ0n) is 6.63. The SMILES string of the molecule is Fc1cccc(C2=CC=CC2)c1. The number of halogens is 1. The van der Waals surface area contributed by atoms with Crippen LogP contribution in [0, 0.1) is 5.82 Å². The molecule has 0 N–H and O–H groups in total. The molecule has 0 spiro atoms. The minimum absolute atomic E-state index is 0.166. The van der Waals surface area contributed by atoms with Gasteiger partial charge in [0.25, 0.3) is 0 Å². The van der Waals surface area contributed by atoms with E-state index >= 15 is 0 Å². The summed E-state index contributed by atoms with van der Waals surface area (Å²) in [7, 11) is 0. The second kappa shape index (κ2) is 2.94. The summed E-state index contributed by atoms with van der Waals surface area (Å²) in [5.41, 5.74) is 2.18. The molecule has 0 fully saturated rings. The summed E-state index contributed by atoms with van der Waals surface area (Å²) in [6.07, 6.45) is 7.01. The van der Waals surface area contributed by atoms with Gasteiger partial charge in [0.1, 0.15) is 5.82 Å². The Morgan fingerprint density at radius 3 is 2.83 bits per heavy atom. The molecule has 0 aliphatic heterocycles. The smallest absolute Gasteiger partial charge is 0.123 e. The zero-order valence-corrected chi connectivity index (χ0v) is 6.63. The van der Waals surface area contributed by atoms with Crippen LogP contribution < -0.4 is 0 Å². The van der Waals surface area contributed by atoms with Gasteiger partial charge in [-0.2, -0.15) is 0 Å². The molecular weight excluding hydrogens is 151 g/mol. The van der Waals surface area contributed by atoms with Crippen LogP contribution in [0.2, 0.25) is 0 Å². The molecule has 0 radical (unpaired) electrons. The maximum atomic E-state index is 12.8. The lowest BCUT2D eigenvalue weighted by Crippen LogP contribution is -1.81. The third kappa shape index (κ3) is 1.30. The van der Waals surface area contributed by atoms with Gasteiger partial charge in [0.2, 0.25) is 0 Å². The number of hydrogen-bond acceptors (Lipinski definition) is 0. The molecule has 1 aliphatic rings. The second-order valence-corrected chi connectivity index (χ2v) is 2.83. The first-order chi connectivity index (χ1) is 5.86. The van der Waals surface area contributed by atoms with Gasteiger partial charge in [-0.25, -0.2) is 4.39 Å². The topological polar surface area (TPSA) is 0 Å². The summed E-state index contributed by atoms with van der Waals surface area (Å²) in [5, 5.41) is 0. The standard InChI is InChI=1S/C11H9F/c12-11-7-3-6-10(8-11)9-4-1-2-5-9/h1-4,6-8H,5H2. The summed E-state index contributed by atoms with van der Waals surface area (Å²) in [6, 6.07) is 6.71. The van der Waals surface area contributed by atoms with Crippen LogP contribution >= 0.6 is 0 Å². The van der Waals surface area contributed by atoms with E-state index in [1.54, 1.807) is 12.1 Å². The molecule has 12 heavy (non-hydrogen) atoms. The first-order valence-electron chi connectivity index (χ1n) is 3.98. The molecule has 0 unspecified atom stereocenters. The van der Waals surface area contributed by atoms with Crippen molar-refractivity contribution in [1.82, 2.24) is 0 Å². The van der Waals surface area contributed by atoms with Crippen LogP contribution in [-0.2, 0) is 0 Å². The highest BCUT2D eigenvalue weighted by atomic mass is 19.1. The maximum Gasteiger partial charge on any atom is 0.123 e. The molecule has 0 saturated carbocycles. The molecule has 0 amide bonds. The van der Waals surface area contributed by atoms with Crippen LogP contribution in [0.5, 0.6) is 0 Å². The number of hydrogen-bond donors (Lipinski definition) is 0. The molecule has 1 aromatic rings. The molecule has 2 rings (SSSR count). The molecule has 1 aliphatic carbocycles. The predicted molar refractivity (Wildman–Crippen MR) is 48.1 cm³/mol. The molecular formula is C11H9F. The van der Waals surface area contributed by atoms with E-state index < -0.39 is 0 Å². The normalized spacial score (nSPS) is 14.9. The Kier molecular flexibility index (Phi) is 1.78. The third-order valence-corrected chi connectivity index (χ3v) is 1.97. The molecule has 0 bridgehead atoms. The van der Waals surface area contributed by atoms with Gasteiger partial charge in [-0.1, -0.05) is 30.4 Å². The van der Waals surface area contributed by atoms with Gasteiger partial charge >= 0.3 is 0 Å². The van der Waals surface area contributed by atoms with E-state index in [4.69, 9.17) is 0 Å². The van der Waals surface area contributed by atoms with Gasteiger partial charge in [0.05, 0.1) is 0 Å². The molecule has 1 aromatic carbocycles. The van der Waals surface area contributed by atoms with Gasteiger partial charge in [-0.3, -0.25) is 0 Å². The summed E-state index contributed by atoms with van der Waals surface area (Å²) >= 11 is 0. The van der Waals surface area contributed by atoms with Gasteiger partial charge in [0, 0.05) is 0 Å². The van der Waals surface area contributed by atoms with E-state index in [0.717, 1.165) is 12.0 Å². The van der Waals surface area contributed by atoms with Crippen LogP contribution in [0.25, 0.3) is 5.57 Å². The van der Waals surface area contributed by atoms with E-state index in [2.05, 4.69) is 6.08 Å². The van der Waals surface area contributed by atoms with E-state index in [0.29, 0.717) is 0 Å². The quantitative estimate of drug-likeness (QED) is 0.592. The molecule has 0 nitrogen and oxygen atoms in total. The fraction of sp³-hybridized carbons (Fsp3) is 0.0909. The van der Waals surface area contributed by atoms with Gasteiger partial charge < -0.3 is 0 Å². The van der Waals surface area contributed by atoms with Crippen LogP contribution in [0.3, 0.4) is 0 Å². The number of allylic oxidation sites excluding steroid dienone is 4. The van der Waals surface area contributed by atoms with E-state index in [1.165, 1.54) is 11.6 Å². The number of rotatable bonds is 1. The Morgan fingerprint density at radius 1 is 1.25 bits per heavy atom. The van der Waals surface area contributed by atoms with Crippen molar-refractivity contribution in [2.24, 2.45) is 0 Å². The maximum absolute atomic E-state index is 12.8. The highest BCUT2D eigenvalue weighted by molar-refractivity contribution is 5.70. The number of benzene rings is 1. The first-order valence-corrected chi connectivity index (χ1v) is 3.98. The van der Waals surface area contributed by atoms with Crippen LogP contribution in [0.15, 0.2) is 42.5 Å². The predicted octanol–water partition coefficient (Wildman–Crippen LogP) is 3.17. The zero-order chi connectivity index (χ0) is 8.39. The molecule has 0 saturated heterocycles. The summed E-state index contributed by atoms with van der Waals surface area (Å²) in [6.45, 7) is 0. The van der Waals surface area contributed by atoms with Gasteiger partial charge in [-0.05, 0) is 29.7 Å². The van der Waals surface area contributed by atoms with Gasteiger partial charge in [-0.15, -0.1) is 0 Å². The lowest BCUT2D eigenvalue weighted by atomic mass is 10.1. The van der Waals surface area contributed by atoms with Crippen LogP contribution in [-0.4, -0.2) is 0 Å². The summed E-state index contributed by atoms with van der Waals surface area (Å²) < 4.78 is 12.8. The van der Waals surface area contributed by atoms with E-state index in [-0.39, 0.29) is 5.82 Å². The Hall–Kier alpha value is -1.37. The van der Waals surface area contributed by atoms with Crippen molar-refractivity contribution < 1.29 is 4.39 Å².